The van der Waals surface area contributed by atoms with Gasteiger partial charge in [-0.05, 0) is 51.1 Å². The minimum Gasteiger partial charge on any atom is -0.472 e. The average Bonchev–Trinajstić information content (AvgIpc) is 3.26. The molecule has 4 aliphatic rings. The first kappa shape index (κ1) is 30.1. The molecule has 0 N–H and O–H groups in total. The summed E-state index contributed by atoms with van der Waals surface area (Å²) in [6, 6.07) is 15.0. The third kappa shape index (κ3) is 5.38. The van der Waals surface area contributed by atoms with Gasteiger partial charge < -0.3 is 29.1 Å². The number of carbonyl (C=O) groups excluding carboxylic acids is 1. The monoisotopic (exact) mass is 649 g/mol. The van der Waals surface area contributed by atoms with E-state index < -0.39 is 5.82 Å². The number of ether oxygens (including phenoxy) is 2. The number of likely N-dealkylation sites (N-methyl/N-ethyl adjacent to an activating group) is 1. The summed E-state index contributed by atoms with van der Waals surface area (Å²) in [6.07, 6.45) is 1.95. The second-order valence-electron chi connectivity index (χ2n) is 12.5. The minimum atomic E-state index is -0.500. The van der Waals surface area contributed by atoms with Crippen molar-refractivity contribution in [2.45, 2.75) is 44.4 Å². The second kappa shape index (κ2) is 12.0. The third-order valence-corrected chi connectivity index (χ3v) is 10.1. The zero-order valence-electron chi connectivity index (χ0n) is 25.2. The molecule has 0 aromatic heterocycles. The summed E-state index contributed by atoms with van der Waals surface area (Å²) in [4.78, 5) is 22.1. The predicted molar refractivity (Wildman–Crippen MR) is 173 cm³/mol. The van der Waals surface area contributed by atoms with Gasteiger partial charge in [0.25, 0.3) is 5.91 Å². The number of amides is 1. The van der Waals surface area contributed by atoms with Gasteiger partial charge in [0, 0.05) is 48.1 Å². The van der Waals surface area contributed by atoms with E-state index in [1.165, 1.54) is 6.07 Å². The normalized spacial score (nSPS) is 23.0. The number of hydrogen-bond donors (Lipinski definition) is 0. The predicted octanol–water partition coefficient (Wildman–Crippen LogP) is 6.17. The number of benzene rings is 3. The number of para-hydroxylation sites is 1. The smallest absolute Gasteiger partial charge is 0.259 e. The number of morpholine rings is 1. The fourth-order valence-electron chi connectivity index (χ4n) is 7.32. The van der Waals surface area contributed by atoms with Crippen LogP contribution in [0.5, 0.6) is 5.75 Å². The Bertz CT molecular complexity index is 1670. The van der Waals surface area contributed by atoms with Crippen LogP contribution in [0, 0.1) is 17.1 Å². The molecular weight excluding hydrogens is 616 g/mol. The molecule has 8 nitrogen and oxygen atoms in total. The van der Waals surface area contributed by atoms with E-state index in [1.54, 1.807) is 11.0 Å². The molecule has 3 saturated heterocycles. The molecule has 11 heteroatoms. The highest BCUT2D eigenvalue weighted by Crippen LogP contribution is 2.43. The van der Waals surface area contributed by atoms with Crippen molar-refractivity contribution in [3.8, 4) is 22.9 Å². The first-order valence-electron chi connectivity index (χ1n) is 15.3. The van der Waals surface area contributed by atoms with Crippen molar-refractivity contribution in [3.63, 3.8) is 0 Å². The van der Waals surface area contributed by atoms with Crippen molar-refractivity contribution in [3.05, 3.63) is 75.0 Å². The molecule has 4 heterocycles. The first-order chi connectivity index (χ1) is 21.7. The standard InChI is InChI=1S/C34H34Cl2FN5O3/c1-20-15-39(2)8-9-41(20)25-11-28(35)32(29(36)12-25)34(43)40-16-21-4-3-5-26(33(21)45-19-40)27-13-31(22(14-38)10-30(27)37)42-23-6-7-24(42)18-44-17-23/h3-5,10-13,20,23-24H,6-9,15-19H2,1-2H3/t20-,23?,24?/m1/s1. The van der Waals surface area contributed by atoms with Crippen LogP contribution in [0.15, 0.2) is 42.5 Å². The SMILES string of the molecule is C[C@@H]1CN(C)CCN1c1cc(Cl)c(C(=O)N2COc3c(cccc3-c3cc(N4C5CCC4COC5)c(C#N)cc3F)C2)c(Cl)c1. The molecule has 234 valence electrons. The van der Waals surface area contributed by atoms with Gasteiger partial charge in [-0.15, -0.1) is 0 Å². The highest BCUT2D eigenvalue weighted by atomic mass is 35.5. The van der Waals surface area contributed by atoms with Gasteiger partial charge in [0.2, 0.25) is 0 Å². The summed E-state index contributed by atoms with van der Waals surface area (Å²) < 4.78 is 27.5. The molecule has 3 aromatic carbocycles. The number of hydrogen-bond acceptors (Lipinski definition) is 7. The summed E-state index contributed by atoms with van der Waals surface area (Å²) in [5.41, 5.74) is 3.80. The number of anilines is 2. The van der Waals surface area contributed by atoms with E-state index in [1.807, 2.05) is 30.3 Å². The Morgan fingerprint density at radius 3 is 2.47 bits per heavy atom. The number of halogens is 3. The van der Waals surface area contributed by atoms with Crippen molar-refractivity contribution in [1.82, 2.24) is 9.80 Å². The topological polar surface area (TPSA) is 72.3 Å². The van der Waals surface area contributed by atoms with Crippen LogP contribution in [-0.2, 0) is 11.3 Å². The lowest BCUT2D eigenvalue weighted by molar-refractivity contribution is 0.0516. The Morgan fingerprint density at radius 1 is 1.04 bits per heavy atom. The molecule has 0 radical (unpaired) electrons. The number of rotatable bonds is 4. The number of carbonyl (C=O) groups is 1. The van der Waals surface area contributed by atoms with Gasteiger partial charge in [-0.3, -0.25) is 4.79 Å². The van der Waals surface area contributed by atoms with Crippen LogP contribution in [-0.4, -0.2) is 80.5 Å². The molecule has 4 aliphatic heterocycles. The largest absolute Gasteiger partial charge is 0.472 e. The molecule has 7 rings (SSSR count). The zero-order chi connectivity index (χ0) is 31.4. The van der Waals surface area contributed by atoms with Crippen molar-refractivity contribution < 1.29 is 18.7 Å². The van der Waals surface area contributed by atoms with E-state index in [0.717, 1.165) is 43.7 Å². The van der Waals surface area contributed by atoms with Crippen molar-refractivity contribution in [2.75, 3.05) is 56.4 Å². The van der Waals surface area contributed by atoms with E-state index >= 15 is 4.39 Å². The van der Waals surface area contributed by atoms with Crippen LogP contribution in [0.2, 0.25) is 10.0 Å². The lowest BCUT2D eigenvalue weighted by atomic mass is 9.96. The quantitative estimate of drug-likeness (QED) is 0.335. The minimum absolute atomic E-state index is 0.0505. The van der Waals surface area contributed by atoms with Gasteiger partial charge in [0.15, 0.2) is 6.73 Å². The fraction of sp³-hybridized carbons (Fsp3) is 0.412. The lowest BCUT2D eigenvalue weighted by Crippen LogP contribution is -2.50. The summed E-state index contributed by atoms with van der Waals surface area (Å²) in [6.45, 7) is 6.21. The number of fused-ring (bicyclic) bond motifs is 3. The molecule has 2 unspecified atom stereocenters. The molecule has 0 saturated carbocycles. The molecular formula is C34H34Cl2FN5O3. The molecule has 45 heavy (non-hydrogen) atoms. The number of nitrogens with zero attached hydrogens (tertiary/aromatic N) is 5. The maximum absolute atomic E-state index is 15.6. The van der Waals surface area contributed by atoms with Crippen LogP contribution >= 0.6 is 23.2 Å². The van der Waals surface area contributed by atoms with Crippen LogP contribution in [0.25, 0.3) is 11.1 Å². The molecule has 3 aromatic rings. The third-order valence-electron chi connectivity index (χ3n) is 9.53. The van der Waals surface area contributed by atoms with Crippen LogP contribution in [0.3, 0.4) is 0 Å². The van der Waals surface area contributed by atoms with E-state index in [0.29, 0.717) is 41.3 Å². The molecule has 3 fully saturated rings. The Morgan fingerprint density at radius 2 is 1.78 bits per heavy atom. The maximum Gasteiger partial charge on any atom is 0.259 e. The van der Waals surface area contributed by atoms with Gasteiger partial charge in [-0.2, -0.15) is 5.26 Å². The molecule has 0 spiro atoms. The number of nitriles is 1. The second-order valence-corrected chi connectivity index (χ2v) is 13.3. The van der Waals surface area contributed by atoms with Crippen LogP contribution in [0.4, 0.5) is 15.8 Å². The highest BCUT2D eigenvalue weighted by Gasteiger charge is 2.39. The van der Waals surface area contributed by atoms with Crippen LogP contribution < -0.4 is 14.5 Å². The van der Waals surface area contributed by atoms with E-state index in [-0.39, 0.29) is 52.9 Å². The van der Waals surface area contributed by atoms with Crippen LogP contribution in [0.1, 0.15) is 41.3 Å². The van der Waals surface area contributed by atoms with Gasteiger partial charge in [-0.1, -0.05) is 41.4 Å². The Labute approximate surface area is 272 Å². The van der Waals surface area contributed by atoms with Crippen molar-refractivity contribution in [1.29, 1.82) is 5.26 Å². The van der Waals surface area contributed by atoms with Gasteiger partial charge in [-0.25, -0.2) is 4.39 Å². The Balaban J connectivity index is 1.16. The average molecular weight is 651 g/mol. The summed E-state index contributed by atoms with van der Waals surface area (Å²) in [5, 5.41) is 10.5. The molecule has 1 amide bonds. The van der Waals surface area contributed by atoms with Gasteiger partial charge in [0.1, 0.15) is 17.6 Å². The van der Waals surface area contributed by atoms with Gasteiger partial charge in [0.05, 0.1) is 58.7 Å². The Hall–Kier alpha value is -3.55. The molecule has 0 aliphatic carbocycles. The van der Waals surface area contributed by atoms with Crippen molar-refractivity contribution in [2.24, 2.45) is 0 Å². The summed E-state index contributed by atoms with van der Waals surface area (Å²) in [7, 11) is 2.10. The summed E-state index contributed by atoms with van der Waals surface area (Å²) >= 11 is 13.4. The lowest BCUT2D eigenvalue weighted by Gasteiger charge is -2.40. The molecule has 3 atom stereocenters. The van der Waals surface area contributed by atoms with E-state index in [9.17, 15) is 10.1 Å². The molecule has 2 bridgehead atoms. The van der Waals surface area contributed by atoms with E-state index in [4.69, 9.17) is 32.7 Å². The van der Waals surface area contributed by atoms with E-state index in [2.05, 4.69) is 34.7 Å². The summed E-state index contributed by atoms with van der Waals surface area (Å²) in [5.74, 6) is -0.328. The zero-order valence-corrected chi connectivity index (χ0v) is 26.7. The maximum atomic E-state index is 15.6. The number of piperazine rings is 1. The highest BCUT2D eigenvalue weighted by molar-refractivity contribution is 6.40. The van der Waals surface area contributed by atoms with Crippen molar-refractivity contribution >= 4 is 40.5 Å². The Kier molecular flexibility index (Phi) is 8.03. The van der Waals surface area contributed by atoms with Gasteiger partial charge >= 0.3 is 0 Å². The fourth-order valence-corrected chi connectivity index (χ4v) is 7.96. The first-order valence-corrected chi connectivity index (χ1v) is 16.1.